The Morgan fingerprint density at radius 2 is 1.92 bits per heavy atom. The van der Waals surface area contributed by atoms with Crippen LogP contribution in [0.2, 0.25) is 0 Å². The first kappa shape index (κ1) is 24.3. The summed E-state index contributed by atoms with van der Waals surface area (Å²) in [6.07, 6.45) is 3.00. The lowest BCUT2D eigenvalue weighted by molar-refractivity contribution is -0.142. The van der Waals surface area contributed by atoms with Crippen molar-refractivity contribution in [3.63, 3.8) is 0 Å². The lowest BCUT2D eigenvalue weighted by Crippen LogP contribution is -2.32. The number of aliphatic imine (C=N–C) groups is 1. The molecule has 11 heteroatoms. The topological polar surface area (TPSA) is 148 Å². The zero-order valence-corrected chi connectivity index (χ0v) is 19.8. The third-order valence-corrected chi connectivity index (χ3v) is 5.69. The highest BCUT2D eigenvalue weighted by molar-refractivity contribution is 5.87. The molecule has 0 aliphatic heterocycles. The molecular weight excluding hydrogens is 468 g/mol. The van der Waals surface area contributed by atoms with Crippen molar-refractivity contribution in [2.24, 2.45) is 4.99 Å². The highest BCUT2D eigenvalue weighted by Crippen LogP contribution is 2.29. The fraction of sp³-hybridized carbons (Fsp3) is 0.200. The van der Waals surface area contributed by atoms with Crippen LogP contribution in [0.15, 0.2) is 63.2 Å². The lowest BCUT2D eigenvalue weighted by atomic mass is 10.1. The second-order valence-electron chi connectivity index (χ2n) is 7.75. The van der Waals surface area contributed by atoms with E-state index in [4.69, 9.17) is 14.2 Å². The molecule has 186 valence electrons. The smallest absolute Gasteiger partial charge is 0.335 e. The van der Waals surface area contributed by atoms with E-state index in [1.54, 1.807) is 18.3 Å². The van der Waals surface area contributed by atoms with Crippen LogP contribution in [0.25, 0.3) is 16.6 Å². The average Bonchev–Trinajstić information content (AvgIpc) is 3.29. The van der Waals surface area contributed by atoms with E-state index in [1.165, 1.54) is 27.4 Å². The number of esters is 1. The molecule has 0 bridgehead atoms. The molecule has 3 N–H and O–H groups in total. The first-order valence-electron chi connectivity index (χ1n) is 10.8. The summed E-state index contributed by atoms with van der Waals surface area (Å²) in [5, 5.41) is 11.8. The maximum absolute atomic E-state index is 12.6. The average molecular weight is 492 g/mol. The number of hydrogen-bond donors (Lipinski definition) is 3. The number of aromatic nitrogens is 3. The fourth-order valence-corrected chi connectivity index (χ4v) is 3.86. The van der Waals surface area contributed by atoms with Gasteiger partial charge in [0.05, 0.1) is 27.0 Å². The van der Waals surface area contributed by atoms with Crippen molar-refractivity contribution in [3.05, 3.63) is 80.6 Å². The molecule has 0 fully saturated rings. The molecular formula is C25H24N4O7. The summed E-state index contributed by atoms with van der Waals surface area (Å²) in [7, 11) is 4.08. The van der Waals surface area contributed by atoms with E-state index < -0.39 is 29.1 Å². The van der Waals surface area contributed by atoms with Crippen LogP contribution in [-0.4, -0.2) is 59.2 Å². The minimum Gasteiger partial charge on any atom is -0.497 e. The van der Waals surface area contributed by atoms with E-state index in [1.807, 2.05) is 24.3 Å². The lowest BCUT2D eigenvalue weighted by Gasteiger charge is -2.14. The van der Waals surface area contributed by atoms with Gasteiger partial charge in [0.15, 0.2) is 6.04 Å². The van der Waals surface area contributed by atoms with Gasteiger partial charge in [-0.2, -0.15) is 0 Å². The second-order valence-corrected chi connectivity index (χ2v) is 7.75. The second kappa shape index (κ2) is 10.2. The number of hydrogen-bond acceptors (Lipinski definition) is 8. The molecule has 4 aromatic rings. The number of methoxy groups -OCH3 is 3. The van der Waals surface area contributed by atoms with Gasteiger partial charge in [0, 0.05) is 35.8 Å². The summed E-state index contributed by atoms with van der Waals surface area (Å²) in [6.45, 7) is 0. The Morgan fingerprint density at radius 3 is 2.64 bits per heavy atom. The Balaban J connectivity index is 1.77. The van der Waals surface area contributed by atoms with E-state index in [9.17, 15) is 19.5 Å². The number of H-pyrrole nitrogens is 2. The number of carbonyl (C=O) groups is 1. The number of carbonyl (C=O) groups excluding carboxylic acids is 1. The first-order chi connectivity index (χ1) is 17.4. The highest BCUT2D eigenvalue weighted by atomic mass is 16.5. The van der Waals surface area contributed by atoms with Crippen molar-refractivity contribution < 1.29 is 24.1 Å². The van der Waals surface area contributed by atoms with Gasteiger partial charge in [-0.3, -0.25) is 14.8 Å². The molecule has 4 rings (SSSR count). The number of aromatic hydroxyl groups is 1. The summed E-state index contributed by atoms with van der Waals surface area (Å²) >= 11 is 0. The molecule has 1 atom stereocenters. The van der Waals surface area contributed by atoms with Crippen molar-refractivity contribution in [2.45, 2.75) is 12.5 Å². The van der Waals surface area contributed by atoms with E-state index in [2.05, 4.69) is 15.0 Å². The number of ether oxygens (including phenoxy) is 3. The highest BCUT2D eigenvalue weighted by Gasteiger charge is 2.22. The quantitative estimate of drug-likeness (QED) is 0.251. The molecule has 2 aromatic heterocycles. The Labute approximate surface area is 204 Å². The molecule has 0 radical (unpaired) electrons. The van der Waals surface area contributed by atoms with Crippen molar-refractivity contribution in [1.82, 2.24) is 14.5 Å². The first-order valence-corrected chi connectivity index (χ1v) is 10.8. The van der Waals surface area contributed by atoms with Crippen LogP contribution < -0.4 is 20.7 Å². The van der Waals surface area contributed by atoms with Gasteiger partial charge in [0.25, 0.3) is 5.56 Å². The standard InChI is InChI=1S/C25H24N4O7/c1-34-15-8-9-21(35-2)20(11-15)29-23(31)17(22(30)28-25(29)33)13-27-19(24(32)36-3)10-14-12-26-18-7-5-4-6-16(14)18/h4-9,11-13,19,26,31H,10H2,1-3H3,(H,28,30,33). The monoisotopic (exact) mass is 492 g/mol. The van der Waals surface area contributed by atoms with E-state index in [0.29, 0.717) is 5.75 Å². The van der Waals surface area contributed by atoms with Crippen molar-refractivity contribution in [1.29, 1.82) is 0 Å². The summed E-state index contributed by atoms with van der Waals surface area (Å²) in [5.41, 5.74) is -0.253. The summed E-state index contributed by atoms with van der Waals surface area (Å²) in [6, 6.07) is 11.2. The van der Waals surface area contributed by atoms with Gasteiger partial charge in [0.2, 0.25) is 5.88 Å². The number of benzene rings is 2. The summed E-state index contributed by atoms with van der Waals surface area (Å²) in [4.78, 5) is 47.2. The Morgan fingerprint density at radius 1 is 1.14 bits per heavy atom. The maximum Gasteiger partial charge on any atom is 0.335 e. The minimum atomic E-state index is -1.01. The molecule has 0 saturated carbocycles. The van der Waals surface area contributed by atoms with Gasteiger partial charge in [-0.05, 0) is 23.8 Å². The third kappa shape index (κ3) is 4.58. The van der Waals surface area contributed by atoms with Crippen LogP contribution in [0.5, 0.6) is 17.4 Å². The number of aromatic amines is 2. The van der Waals surface area contributed by atoms with Crippen LogP contribution in [0.3, 0.4) is 0 Å². The number of nitrogens with zero attached hydrogens (tertiary/aromatic N) is 2. The van der Waals surface area contributed by atoms with Gasteiger partial charge < -0.3 is 24.3 Å². The predicted molar refractivity (Wildman–Crippen MR) is 133 cm³/mol. The van der Waals surface area contributed by atoms with Gasteiger partial charge in [-0.1, -0.05) is 18.2 Å². The fourth-order valence-electron chi connectivity index (χ4n) is 3.86. The molecule has 36 heavy (non-hydrogen) atoms. The molecule has 0 saturated heterocycles. The Hall–Kier alpha value is -4.80. The number of fused-ring (bicyclic) bond motifs is 1. The zero-order chi connectivity index (χ0) is 25.8. The summed E-state index contributed by atoms with van der Waals surface area (Å²) < 4.78 is 16.3. The van der Waals surface area contributed by atoms with E-state index in [-0.39, 0.29) is 23.4 Å². The van der Waals surface area contributed by atoms with E-state index >= 15 is 0 Å². The maximum atomic E-state index is 12.6. The SMILES string of the molecule is COC(=O)C(Cc1c[nH]c2ccccc12)N=Cc1c(O)n(-c2cc(OC)ccc2OC)c(=O)[nH]c1=O. The van der Waals surface area contributed by atoms with E-state index in [0.717, 1.165) is 27.2 Å². The number of rotatable bonds is 8. The van der Waals surface area contributed by atoms with Crippen molar-refractivity contribution >= 4 is 23.1 Å². The molecule has 2 aromatic carbocycles. The van der Waals surface area contributed by atoms with Crippen LogP contribution in [-0.2, 0) is 16.0 Å². The molecule has 0 spiro atoms. The van der Waals surface area contributed by atoms with Crippen molar-refractivity contribution in [3.8, 4) is 23.1 Å². The molecule has 2 heterocycles. The normalized spacial score (nSPS) is 12.1. The van der Waals surface area contributed by atoms with Gasteiger partial charge in [-0.25, -0.2) is 14.2 Å². The predicted octanol–water partition coefficient (Wildman–Crippen LogP) is 1.93. The van der Waals surface area contributed by atoms with Crippen LogP contribution in [0.4, 0.5) is 0 Å². The minimum absolute atomic E-state index is 0.133. The van der Waals surface area contributed by atoms with Gasteiger partial charge >= 0.3 is 11.7 Å². The Kier molecular flexibility index (Phi) is 6.91. The molecule has 11 nitrogen and oxygen atoms in total. The molecule has 0 amide bonds. The molecule has 0 aliphatic carbocycles. The van der Waals surface area contributed by atoms with Crippen molar-refractivity contribution in [2.75, 3.05) is 21.3 Å². The number of nitrogens with one attached hydrogen (secondary N) is 2. The largest absolute Gasteiger partial charge is 0.497 e. The number of para-hydroxylation sites is 1. The van der Waals surface area contributed by atoms with Crippen LogP contribution in [0, 0.1) is 0 Å². The summed E-state index contributed by atoms with van der Waals surface area (Å²) in [5.74, 6) is -0.678. The van der Waals surface area contributed by atoms with Gasteiger partial charge in [-0.15, -0.1) is 0 Å². The van der Waals surface area contributed by atoms with Crippen LogP contribution in [0.1, 0.15) is 11.1 Å². The third-order valence-electron chi connectivity index (χ3n) is 5.69. The Bertz CT molecular complexity index is 1560. The molecule has 1 unspecified atom stereocenters. The van der Waals surface area contributed by atoms with Gasteiger partial charge in [0.1, 0.15) is 17.1 Å². The molecule has 0 aliphatic rings. The zero-order valence-electron chi connectivity index (χ0n) is 19.8. The van der Waals surface area contributed by atoms with Crippen LogP contribution >= 0.6 is 0 Å².